The molecule has 42 heavy (non-hydrogen) atoms. The van der Waals surface area contributed by atoms with E-state index in [4.69, 9.17) is 4.98 Å². The molecule has 1 heteroatoms. The predicted octanol–water partition coefficient (Wildman–Crippen LogP) is 10.4. The molecule has 0 atom stereocenters. The zero-order valence-electron chi connectivity index (χ0n) is 23.8. The minimum Gasteiger partial charge on any atom is -0.256 e. The van der Waals surface area contributed by atoms with E-state index in [-0.39, 0.29) is 5.41 Å². The minimum atomic E-state index is 0.162. The van der Waals surface area contributed by atoms with E-state index in [1.807, 2.05) is 6.20 Å². The molecule has 6 aromatic rings. The lowest BCUT2D eigenvalue weighted by Gasteiger charge is -2.61. The van der Waals surface area contributed by atoms with Gasteiger partial charge in [-0.3, -0.25) is 4.98 Å². The van der Waals surface area contributed by atoms with E-state index in [1.54, 1.807) is 11.1 Å². The van der Waals surface area contributed by atoms with Crippen molar-refractivity contribution in [2.24, 2.45) is 23.7 Å². The van der Waals surface area contributed by atoms with Crippen molar-refractivity contribution < 1.29 is 0 Å². The van der Waals surface area contributed by atoms with Gasteiger partial charge < -0.3 is 0 Å². The number of nitrogens with zero attached hydrogens (tertiary/aromatic N) is 1. The van der Waals surface area contributed by atoms with Gasteiger partial charge in [-0.2, -0.15) is 0 Å². The molecule has 4 saturated carbocycles. The average molecular weight is 540 g/mol. The molecule has 11 rings (SSSR count). The summed E-state index contributed by atoms with van der Waals surface area (Å²) in [6.45, 7) is 0. The Morgan fingerprint density at radius 2 is 1.24 bits per heavy atom. The molecule has 5 aliphatic rings. The molecule has 1 spiro atoms. The summed E-state index contributed by atoms with van der Waals surface area (Å²) in [4.78, 5) is 4.97. The molecule has 0 N–H and O–H groups in total. The van der Waals surface area contributed by atoms with Crippen molar-refractivity contribution in [2.75, 3.05) is 0 Å². The summed E-state index contributed by atoms with van der Waals surface area (Å²) in [5.74, 6) is 3.41. The predicted molar refractivity (Wildman–Crippen MR) is 173 cm³/mol. The summed E-state index contributed by atoms with van der Waals surface area (Å²) >= 11 is 0. The third-order valence-corrected chi connectivity index (χ3v) is 11.7. The lowest BCUT2D eigenvalue weighted by Crippen LogP contribution is -2.55. The Kier molecular flexibility index (Phi) is 4.68. The summed E-state index contributed by atoms with van der Waals surface area (Å²) in [7, 11) is 0. The Bertz CT molecular complexity index is 2020. The Labute approximate surface area is 247 Å². The molecule has 0 aliphatic heterocycles. The molecule has 1 heterocycles. The molecular formula is C41H33N. The van der Waals surface area contributed by atoms with Crippen molar-refractivity contribution in [3.05, 3.63) is 127 Å². The van der Waals surface area contributed by atoms with Gasteiger partial charge in [0.15, 0.2) is 0 Å². The first-order valence-corrected chi connectivity index (χ1v) is 15.9. The van der Waals surface area contributed by atoms with Crippen LogP contribution in [-0.2, 0) is 5.41 Å². The Morgan fingerprint density at radius 1 is 0.524 bits per heavy atom. The van der Waals surface area contributed by atoms with Crippen molar-refractivity contribution in [3.8, 4) is 33.4 Å². The van der Waals surface area contributed by atoms with E-state index in [0.29, 0.717) is 0 Å². The molecule has 1 aromatic heterocycles. The molecule has 4 bridgehead atoms. The molecular weight excluding hydrogens is 506 g/mol. The number of hydrogen-bond donors (Lipinski definition) is 0. The SMILES string of the molecule is c1ccc(-c2ccc(-c3ccc4c(c3)-c3ccc5ccccc5c3C43C4CC5CC(C4)CC3C5)c3ncccc23)cc1. The van der Waals surface area contributed by atoms with Crippen LogP contribution in [0.1, 0.15) is 43.2 Å². The Balaban J connectivity index is 1.22. The Morgan fingerprint density at radius 3 is 2.07 bits per heavy atom. The van der Waals surface area contributed by atoms with Gasteiger partial charge in [0.1, 0.15) is 0 Å². The van der Waals surface area contributed by atoms with Crippen LogP contribution < -0.4 is 0 Å². The standard InChI is InChI=1S/C41H33N/c1-2-7-27(8-3-1)32-15-16-34(40-36(32)11-6-18-42-40)29-13-17-38-37(24-29)35-14-12-28-9-4-5-10-33(28)39(35)41(38)30-20-25-19-26(22-30)23-31(41)21-25/h1-18,24-26,30-31H,19-23H2. The fourth-order valence-electron chi connectivity index (χ4n) is 10.4. The highest BCUT2D eigenvalue weighted by molar-refractivity contribution is 6.04. The van der Waals surface area contributed by atoms with Crippen LogP contribution >= 0.6 is 0 Å². The molecule has 0 saturated heterocycles. The van der Waals surface area contributed by atoms with Crippen LogP contribution in [-0.4, -0.2) is 4.98 Å². The maximum Gasteiger partial charge on any atom is 0.0786 e. The van der Waals surface area contributed by atoms with E-state index >= 15 is 0 Å². The van der Waals surface area contributed by atoms with E-state index in [2.05, 4.69) is 109 Å². The number of hydrogen-bond acceptors (Lipinski definition) is 1. The smallest absolute Gasteiger partial charge is 0.0786 e. The van der Waals surface area contributed by atoms with Gasteiger partial charge in [-0.1, -0.05) is 97.1 Å². The van der Waals surface area contributed by atoms with Gasteiger partial charge in [-0.15, -0.1) is 0 Å². The highest BCUT2D eigenvalue weighted by Crippen LogP contribution is 2.70. The van der Waals surface area contributed by atoms with E-state index < -0.39 is 0 Å². The van der Waals surface area contributed by atoms with Crippen molar-refractivity contribution >= 4 is 21.7 Å². The second-order valence-electron chi connectivity index (χ2n) is 13.6. The van der Waals surface area contributed by atoms with E-state index in [0.717, 1.165) is 29.2 Å². The molecule has 0 amide bonds. The second kappa shape index (κ2) is 8.42. The molecule has 1 nitrogen and oxygen atoms in total. The van der Waals surface area contributed by atoms with Crippen LogP contribution in [0.2, 0.25) is 0 Å². The first-order chi connectivity index (χ1) is 20.8. The largest absolute Gasteiger partial charge is 0.256 e. The van der Waals surface area contributed by atoms with Crippen LogP contribution in [0.3, 0.4) is 0 Å². The van der Waals surface area contributed by atoms with Gasteiger partial charge in [0.05, 0.1) is 5.52 Å². The van der Waals surface area contributed by atoms with Gasteiger partial charge in [-0.05, 0) is 118 Å². The minimum absolute atomic E-state index is 0.162. The number of aromatic nitrogens is 1. The maximum absolute atomic E-state index is 4.97. The lowest BCUT2D eigenvalue weighted by atomic mass is 9.43. The molecule has 0 unspecified atom stereocenters. The monoisotopic (exact) mass is 539 g/mol. The van der Waals surface area contributed by atoms with Crippen LogP contribution in [0.15, 0.2) is 115 Å². The molecule has 0 radical (unpaired) electrons. The lowest BCUT2D eigenvalue weighted by molar-refractivity contribution is -0.0393. The van der Waals surface area contributed by atoms with Crippen molar-refractivity contribution in [1.82, 2.24) is 4.98 Å². The normalized spacial score (nSPS) is 26.7. The van der Waals surface area contributed by atoms with Crippen LogP contribution in [0.4, 0.5) is 0 Å². The number of benzene rings is 5. The summed E-state index contributed by atoms with van der Waals surface area (Å²) in [6.07, 6.45) is 9.06. The van der Waals surface area contributed by atoms with Gasteiger partial charge >= 0.3 is 0 Å². The highest BCUT2D eigenvalue weighted by atomic mass is 14.7. The first-order valence-electron chi connectivity index (χ1n) is 15.9. The quantitative estimate of drug-likeness (QED) is 0.213. The highest BCUT2D eigenvalue weighted by Gasteiger charge is 2.62. The van der Waals surface area contributed by atoms with Crippen molar-refractivity contribution in [1.29, 1.82) is 0 Å². The fraction of sp³-hybridized carbons (Fsp3) is 0.244. The third kappa shape index (κ3) is 2.96. The fourth-order valence-corrected chi connectivity index (χ4v) is 10.4. The second-order valence-corrected chi connectivity index (χ2v) is 13.6. The Hall–Kier alpha value is -4.23. The van der Waals surface area contributed by atoms with Crippen molar-refractivity contribution in [2.45, 2.75) is 37.5 Å². The molecule has 5 aromatic carbocycles. The van der Waals surface area contributed by atoms with Crippen LogP contribution in [0, 0.1) is 23.7 Å². The zero-order chi connectivity index (χ0) is 27.4. The van der Waals surface area contributed by atoms with Crippen molar-refractivity contribution in [3.63, 3.8) is 0 Å². The molecule has 5 aliphatic carbocycles. The topological polar surface area (TPSA) is 12.9 Å². The number of fused-ring (bicyclic) bond motifs is 6. The number of pyridine rings is 1. The third-order valence-electron chi connectivity index (χ3n) is 11.7. The molecule has 202 valence electrons. The van der Waals surface area contributed by atoms with E-state index in [9.17, 15) is 0 Å². The summed E-state index contributed by atoms with van der Waals surface area (Å²) in [5.41, 5.74) is 12.4. The maximum atomic E-state index is 4.97. The number of rotatable bonds is 2. The van der Waals surface area contributed by atoms with Gasteiger partial charge in [0.25, 0.3) is 0 Å². The summed E-state index contributed by atoms with van der Waals surface area (Å²) < 4.78 is 0. The van der Waals surface area contributed by atoms with Crippen LogP contribution in [0.5, 0.6) is 0 Å². The zero-order valence-corrected chi connectivity index (χ0v) is 23.8. The summed E-state index contributed by atoms with van der Waals surface area (Å²) in [5, 5.41) is 4.09. The van der Waals surface area contributed by atoms with Gasteiger partial charge in [0.2, 0.25) is 0 Å². The van der Waals surface area contributed by atoms with Gasteiger partial charge in [-0.25, -0.2) is 0 Å². The first kappa shape index (κ1) is 23.3. The molecule has 4 fully saturated rings. The van der Waals surface area contributed by atoms with Crippen LogP contribution in [0.25, 0.3) is 55.1 Å². The average Bonchev–Trinajstić information content (AvgIpc) is 3.34. The summed E-state index contributed by atoms with van der Waals surface area (Å²) in [6, 6.07) is 41.1. The van der Waals surface area contributed by atoms with E-state index in [1.165, 1.54) is 81.6 Å². The van der Waals surface area contributed by atoms with Gasteiger partial charge in [0, 0.05) is 22.6 Å².